The molecule has 1 saturated heterocycles. The van der Waals surface area contributed by atoms with Crippen LogP contribution in [0.25, 0.3) is 11.2 Å². The molecule has 0 radical (unpaired) electrons. The lowest BCUT2D eigenvalue weighted by atomic mass is 9.80. The molecule has 0 saturated carbocycles. The molecule has 15 nitrogen and oxygen atoms in total. The summed E-state index contributed by atoms with van der Waals surface area (Å²) in [5.74, 6) is 1.06. The number of methoxy groups -OCH3 is 2. The summed E-state index contributed by atoms with van der Waals surface area (Å²) in [7, 11) is 3.21. The number of hydrogen-bond donors (Lipinski definition) is 2. The van der Waals surface area contributed by atoms with Gasteiger partial charge in [-0.1, -0.05) is 72.8 Å². The number of ether oxygens (including phenoxy) is 7. The van der Waals surface area contributed by atoms with Gasteiger partial charge in [0.25, 0.3) is 5.91 Å². The highest BCUT2D eigenvalue weighted by molar-refractivity contribution is 5.97. The van der Waals surface area contributed by atoms with Crippen LogP contribution in [0.2, 0.25) is 0 Å². The summed E-state index contributed by atoms with van der Waals surface area (Å²) in [6.45, 7) is 4.30. The van der Waals surface area contributed by atoms with Crippen molar-refractivity contribution in [2.45, 2.75) is 50.9 Å². The van der Waals surface area contributed by atoms with Crippen molar-refractivity contribution in [1.82, 2.24) is 19.5 Å². The van der Waals surface area contributed by atoms with E-state index >= 15 is 0 Å². The monoisotopic (exact) mass is 817 g/mol. The van der Waals surface area contributed by atoms with Gasteiger partial charge in [0, 0.05) is 0 Å². The molecule has 312 valence electrons. The number of nitrogens with zero attached hydrogens (tertiary/aromatic N) is 4. The Morgan fingerprint density at radius 2 is 1.38 bits per heavy atom. The first-order chi connectivity index (χ1) is 29.0. The Balaban J connectivity index is 1.21. The average Bonchev–Trinajstić information content (AvgIpc) is 3.84. The Hall–Kier alpha value is -6.39. The second kappa shape index (κ2) is 18.3. The zero-order valence-corrected chi connectivity index (χ0v) is 33.9. The fourth-order valence-corrected chi connectivity index (χ4v) is 6.89. The van der Waals surface area contributed by atoms with Crippen LogP contribution in [0.5, 0.6) is 17.2 Å². The lowest BCUT2D eigenvalue weighted by Crippen LogP contribution is -2.40. The molecule has 0 spiro atoms. The largest absolute Gasteiger partial charge is 0.497 e. The molecule has 3 heterocycles. The number of aliphatic hydroxyl groups excluding tert-OH is 1. The fraction of sp³-hybridized carbons (Fsp3) is 0.311. The molecule has 60 heavy (non-hydrogen) atoms. The number of amides is 1. The number of anilines is 1. The van der Waals surface area contributed by atoms with Crippen molar-refractivity contribution in [3.63, 3.8) is 0 Å². The molecule has 1 aliphatic heterocycles. The maximum absolute atomic E-state index is 12.9. The smallest absolute Gasteiger partial charge is 0.313 e. The van der Waals surface area contributed by atoms with Crippen molar-refractivity contribution < 1.29 is 47.9 Å². The third-order valence-corrected chi connectivity index (χ3v) is 10.0. The first-order valence-electron chi connectivity index (χ1n) is 19.3. The number of hydrogen-bond acceptors (Lipinski definition) is 13. The van der Waals surface area contributed by atoms with Gasteiger partial charge in [0.2, 0.25) is 0 Å². The number of aromatic nitrogens is 4. The molecule has 6 aromatic rings. The van der Waals surface area contributed by atoms with E-state index in [1.54, 1.807) is 63.8 Å². The van der Waals surface area contributed by atoms with Crippen LogP contribution in [-0.2, 0) is 34.1 Å². The minimum Gasteiger partial charge on any atom is -0.497 e. The summed E-state index contributed by atoms with van der Waals surface area (Å²) in [6, 6.07) is 33.8. The van der Waals surface area contributed by atoms with Gasteiger partial charge >= 0.3 is 5.97 Å². The lowest BCUT2D eigenvalue weighted by molar-refractivity contribution is -0.179. The number of para-hydroxylation sites is 1. The number of esters is 1. The maximum atomic E-state index is 12.9. The predicted molar refractivity (Wildman–Crippen MR) is 219 cm³/mol. The van der Waals surface area contributed by atoms with E-state index in [1.165, 1.54) is 12.7 Å². The van der Waals surface area contributed by atoms with Crippen LogP contribution in [0, 0.1) is 5.41 Å². The SMILES string of the molecule is COc1ccc(C(OC[C@H]2O[C@@H](n3cnc4c(NC(=O)COc5ccccc5)ncnc43)[C@H](OCOC(=O)C(C)(C)C)[C@@H]2O)(c2ccccc2)c2ccc(OC)cc2)cc1. The van der Waals surface area contributed by atoms with Crippen molar-refractivity contribution in [2.24, 2.45) is 5.41 Å². The summed E-state index contributed by atoms with van der Waals surface area (Å²) in [6.07, 6.45) is -1.73. The van der Waals surface area contributed by atoms with Crippen molar-refractivity contribution in [1.29, 1.82) is 0 Å². The summed E-state index contributed by atoms with van der Waals surface area (Å²) in [4.78, 5) is 38.9. The number of carbonyl (C=O) groups excluding carboxylic acids is 2. The van der Waals surface area contributed by atoms with Gasteiger partial charge in [-0.25, -0.2) is 15.0 Å². The maximum Gasteiger partial charge on any atom is 0.313 e. The number of rotatable bonds is 16. The molecule has 4 atom stereocenters. The zero-order valence-electron chi connectivity index (χ0n) is 33.9. The van der Waals surface area contributed by atoms with E-state index in [-0.39, 0.29) is 30.2 Å². The second-order valence-electron chi connectivity index (χ2n) is 15.0. The van der Waals surface area contributed by atoms with E-state index in [2.05, 4.69) is 20.3 Å². The van der Waals surface area contributed by atoms with Crippen LogP contribution < -0.4 is 19.5 Å². The fourth-order valence-electron chi connectivity index (χ4n) is 6.89. The molecule has 0 bridgehead atoms. The molecule has 7 rings (SSSR count). The first-order valence-corrected chi connectivity index (χ1v) is 19.3. The zero-order chi connectivity index (χ0) is 42.3. The van der Waals surface area contributed by atoms with Gasteiger partial charge in [0.1, 0.15) is 47.5 Å². The van der Waals surface area contributed by atoms with Crippen LogP contribution in [-0.4, -0.2) is 89.0 Å². The first kappa shape index (κ1) is 41.8. The van der Waals surface area contributed by atoms with Gasteiger partial charge in [0.15, 0.2) is 36.6 Å². The molecular weight excluding hydrogens is 771 g/mol. The van der Waals surface area contributed by atoms with Gasteiger partial charge in [-0.2, -0.15) is 0 Å². The van der Waals surface area contributed by atoms with Crippen molar-refractivity contribution >= 4 is 28.9 Å². The molecule has 2 N–H and O–H groups in total. The molecule has 1 amide bonds. The Labute approximate surface area is 347 Å². The van der Waals surface area contributed by atoms with Crippen LogP contribution in [0.1, 0.15) is 43.7 Å². The number of imidazole rings is 1. The van der Waals surface area contributed by atoms with Crippen molar-refractivity contribution in [3.8, 4) is 17.2 Å². The number of benzene rings is 4. The third-order valence-electron chi connectivity index (χ3n) is 10.0. The van der Waals surface area contributed by atoms with Gasteiger partial charge in [0.05, 0.1) is 32.6 Å². The Bertz CT molecular complexity index is 2310. The molecule has 0 aliphatic carbocycles. The highest BCUT2D eigenvalue weighted by Gasteiger charge is 2.48. The minimum atomic E-state index is -1.31. The lowest BCUT2D eigenvalue weighted by Gasteiger charge is -2.37. The molecule has 15 heteroatoms. The average molecular weight is 818 g/mol. The topological polar surface area (TPSA) is 175 Å². The predicted octanol–water partition coefficient (Wildman–Crippen LogP) is 6.06. The third kappa shape index (κ3) is 8.94. The van der Waals surface area contributed by atoms with E-state index in [9.17, 15) is 14.7 Å². The Morgan fingerprint density at radius 3 is 1.98 bits per heavy atom. The van der Waals surface area contributed by atoms with Crippen LogP contribution in [0.3, 0.4) is 0 Å². The summed E-state index contributed by atoms with van der Waals surface area (Å²) >= 11 is 0. The summed E-state index contributed by atoms with van der Waals surface area (Å²) < 4.78 is 43.4. The molecular formula is C45H47N5O10. The Morgan fingerprint density at radius 1 is 0.783 bits per heavy atom. The van der Waals surface area contributed by atoms with E-state index in [4.69, 9.17) is 33.2 Å². The van der Waals surface area contributed by atoms with Gasteiger partial charge in [-0.15, -0.1) is 0 Å². The quantitative estimate of drug-likeness (QED) is 0.0656. The van der Waals surface area contributed by atoms with Crippen LogP contribution >= 0.6 is 0 Å². The highest BCUT2D eigenvalue weighted by atomic mass is 16.7. The molecule has 2 aromatic heterocycles. The standard InChI is InChI=1S/C45H47N5O10/c1-44(2,3)43(53)58-28-57-39-38(52)35(60-42(39)50-27-48-37-40(46-26-47-41(37)50)49-36(51)25-56-34-14-10-7-11-15-34)24-59-45(29-12-8-6-9-13-29,30-16-20-32(54-4)21-17-30)31-18-22-33(55-5)23-19-31/h6-23,26-27,35,38-39,42,52H,24-25,28H2,1-5H3,(H,46,47,49,51)/t35-,38-,39-,42-/m1/s1. The minimum absolute atomic E-state index is 0.141. The number of carbonyl (C=O) groups is 2. The van der Waals surface area contributed by atoms with E-state index in [0.29, 0.717) is 17.2 Å². The van der Waals surface area contributed by atoms with E-state index < -0.39 is 54.2 Å². The van der Waals surface area contributed by atoms with E-state index in [0.717, 1.165) is 16.7 Å². The van der Waals surface area contributed by atoms with Crippen molar-refractivity contribution in [3.05, 3.63) is 139 Å². The Kier molecular flexibility index (Phi) is 12.7. The molecule has 1 fully saturated rings. The normalized spacial score (nSPS) is 17.9. The van der Waals surface area contributed by atoms with E-state index in [1.807, 2.05) is 84.9 Å². The second-order valence-corrected chi connectivity index (χ2v) is 15.0. The molecule has 1 aliphatic rings. The van der Waals surface area contributed by atoms with Gasteiger partial charge in [-0.05, 0) is 73.9 Å². The van der Waals surface area contributed by atoms with Crippen LogP contribution in [0.15, 0.2) is 122 Å². The molecule has 0 unspecified atom stereocenters. The summed E-state index contributed by atoms with van der Waals surface area (Å²) in [5.41, 5.74) is 0.900. The number of fused-ring (bicyclic) bond motifs is 1. The van der Waals surface area contributed by atoms with Crippen molar-refractivity contribution in [2.75, 3.05) is 39.5 Å². The summed E-state index contributed by atoms with van der Waals surface area (Å²) in [5, 5.41) is 14.8. The van der Waals surface area contributed by atoms with Gasteiger partial charge < -0.3 is 43.6 Å². The highest BCUT2D eigenvalue weighted by Crippen LogP contribution is 2.43. The van der Waals surface area contributed by atoms with Gasteiger partial charge in [-0.3, -0.25) is 14.2 Å². The number of nitrogens with one attached hydrogen (secondary N) is 1. The molecule has 4 aromatic carbocycles. The van der Waals surface area contributed by atoms with Crippen LogP contribution in [0.4, 0.5) is 5.82 Å². The number of aliphatic hydroxyl groups is 1.